The van der Waals surface area contributed by atoms with Crippen molar-refractivity contribution in [1.82, 2.24) is 0 Å². The van der Waals surface area contributed by atoms with Crippen molar-refractivity contribution in [3.63, 3.8) is 0 Å². The molecule has 5 atom stereocenters. The Labute approximate surface area is 267 Å². The van der Waals surface area contributed by atoms with Crippen molar-refractivity contribution >= 4 is 10.8 Å². The predicted octanol–water partition coefficient (Wildman–Crippen LogP) is 13.2. The van der Waals surface area contributed by atoms with Crippen molar-refractivity contribution in [3.05, 3.63) is 35.4 Å². The standard InChI is InChI=1S/C41H70O2/c1-30(2)16-11-17-31(3)18-12-19-32(4)20-13-21-33(5)22-14-23-34(6)24-15-25-35(7)28-29-37-36(8)40(42)38-26-9-10-27-39(38)41(37)43/h9-10,26-27,30-35,42-43H,11-25,28-29H2,1-8H3/t31-,32-,33-,34+,35-/m1/s1. The van der Waals surface area contributed by atoms with E-state index in [4.69, 9.17) is 0 Å². The Hall–Kier alpha value is -1.70. The highest BCUT2D eigenvalue weighted by molar-refractivity contribution is 5.95. The number of aromatic hydroxyl groups is 2. The summed E-state index contributed by atoms with van der Waals surface area (Å²) in [6.45, 7) is 18.8. The van der Waals surface area contributed by atoms with E-state index in [0.717, 1.165) is 64.3 Å². The van der Waals surface area contributed by atoms with E-state index in [-0.39, 0.29) is 0 Å². The molecular formula is C41H70O2. The topological polar surface area (TPSA) is 40.5 Å². The van der Waals surface area contributed by atoms with E-state index < -0.39 is 0 Å². The van der Waals surface area contributed by atoms with Crippen LogP contribution in [0, 0.1) is 42.4 Å². The van der Waals surface area contributed by atoms with Gasteiger partial charge in [-0.15, -0.1) is 0 Å². The van der Waals surface area contributed by atoms with Crippen LogP contribution in [0.3, 0.4) is 0 Å². The lowest BCUT2D eigenvalue weighted by atomic mass is 9.88. The Morgan fingerprint density at radius 3 is 1.16 bits per heavy atom. The van der Waals surface area contributed by atoms with Gasteiger partial charge in [-0.05, 0) is 60.8 Å². The lowest BCUT2D eigenvalue weighted by molar-refractivity contribution is 0.360. The van der Waals surface area contributed by atoms with Gasteiger partial charge in [0.15, 0.2) is 0 Å². The average molecular weight is 595 g/mol. The van der Waals surface area contributed by atoms with Gasteiger partial charge in [0.1, 0.15) is 11.5 Å². The zero-order valence-electron chi connectivity index (χ0n) is 29.7. The molecular weight excluding hydrogens is 524 g/mol. The van der Waals surface area contributed by atoms with Crippen LogP contribution in [0.2, 0.25) is 0 Å². The maximum Gasteiger partial charge on any atom is 0.127 e. The molecule has 0 fully saturated rings. The molecule has 0 aliphatic rings. The molecule has 2 heteroatoms. The minimum Gasteiger partial charge on any atom is -0.507 e. The van der Waals surface area contributed by atoms with Gasteiger partial charge in [0.05, 0.1) is 0 Å². The zero-order chi connectivity index (χ0) is 31.8. The van der Waals surface area contributed by atoms with Crippen molar-refractivity contribution < 1.29 is 10.2 Å². The number of benzene rings is 2. The van der Waals surface area contributed by atoms with Crippen molar-refractivity contribution in [3.8, 4) is 11.5 Å². The van der Waals surface area contributed by atoms with Crippen molar-refractivity contribution in [2.75, 3.05) is 0 Å². The van der Waals surface area contributed by atoms with Gasteiger partial charge < -0.3 is 10.2 Å². The fraction of sp³-hybridized carbons (Fsp3) is 0.756. The first-order chi connectivity index (χ1) is 20.5. The second kappa shape index (κ2) is 20.4. The van der Waals surface area contributed by atoms with Crippen LogP contribution >= 0.6 is 0 Å². The Bertz CT molecular complexity index is 1020. The minimum absolute atomic E-state index is 0.317. The normalized spacial score (nSPS) is 15.6. The molecule has 246 valence electrons. The number of phenols is 2. The number of hydrogen-bond acceptors (Lipinski definition) is 2. The average Bonchev–Trinajstić information content (AvgIpc) is 2.95. The molecule has 0 aliphatic carbocycles. The number of fused-ring (bicyclic) bond motifs is 1. The van der Waals surface area contributed by atoms with Crippen LogP contribution in [0.4, 0.5) is 0 Å². The van der Waals surface area contributed by atoms with Crippen molar-refractivity contribution in [1.29, 1.82) is 0 Å². The molecule has 2 nitrogen and oxygen atoms in total. The minimum atomic E-state index is 0.317. The molecule has 0 radical (unpaired) electrons. The second-order valence-corrected chi connectivity index (χ2v) is 15.5. The smallest absolute Gasteiger partial charge is 0.127 e. The highest BCUT2D eigenvalue weighted by Gasteiger charge is 2.17. The monoisotopic (exact) mass is 595 g/mol. The predicted molar refractivity (Wildman–Crippen MR) is 190 cm³/mol. The van der Waals surface area contributed by atoms with E-state index >= 15 is 0 Å². The quantitative estimate of drug-likeness (QED) is 0.126. The first kappa shape index (κ1) is 37.5. The molecule has 0 aromatic heterocycles. The van der Waals surface area contributed by atoms with E-state index in [1.165, 1.54) is 96.3 Å². The molecule has 0 unspecified atom stereocenters. The van der Waals surface area contributed by atoms with Crippen LogP contribution in [0.25, 0.3) is 10.8 Å². The SMILES string of the molecule is Cc1c(CC[C@H](C)CCC[C@@H](C)CCC[C@H](C)CCC[C@H](C)CCC[C@H](C)CCCC(C)C)c(O)c2ccccc2c1O. The van der Waals surface area contributed by atoms with Crippen LogP contribution < -0.4 is 0 Å². The van der Waals surface area contributed by atoms with Gasteiger partial charge in [0.25, 0.3) is 0 Å². The van der Waals surface area contributed by atoms with Crippen LogP contribution in [-0.4, -0.2) is 10.2 Å². The molecule has 2 aromatic carbocycles. The largest absolute Gasteiger partial charge is 0.507 e. The molecule has 2 rings (SSSR count). The molecule has 0 heterocycles. The molecule has 0 spiro atoms. The summed E-state index contributed by atoms with van der Waals surface area (Å²) in [5.74, 6) is 5.64. The fourth-order valence-electron chi connectivity index (χ4n) is 7.13. The van der Waals surface area contributed by atoms with Gasteiger partial charge in [-0.25, -0.2) is 0 Å². The van der Waals surface area contributed by atoms with E-state index in [2.05, 4.69) is 48.5 Å². The summed E-state index contributed by atoms with van der Waals surface area (Å²) in [7, 11) is 0. The summed E-state index contributed by atoms with van der Waals surface area (Å²) in [5, 5.41) is 23.0. The summed E-state index contributed by atoms with van der Waals surface area (Å²) in [4.78, 5) is 0. The number of phenolic OH excluding ortho intramolecular Hbond substituents is 2. The van der Waals surface area contributed by atoms with Crippen LogP contribution in [0.15, 0.2) is 24.3 Å². The van der Waals surface area contributed by atoms with Gasteiger partial charge >= 0.3 is 0 Å². The van der Waals surface area contributed by atoms with E-state index in [9.17, 15) is 10.2 Å². The van der Waals surface area contributed by atoms with E-state index in [1.54, 1.807) is 0 Å². The van der Waals surface area contributed by atoms with Gasteiger partial charge in [0, 0.05) is 16.3 Å². The Balaban J connectivity index is 1.52. The zero-order valence-corrected chi connectivity index (χ0v) is 29.7. The third kappa shape index (κ3) is 14.3. The Morgan fingerprint density at radius 2 is 0.791 bits per heavy atom. The van der Waals surface area contributed by atoms with Crippen LogP contribution in [0.5, 0.6) is 11.5 Å². The highest BCUT2D eigenvalue weighted by atomic mass is 16.3. The Kier molecular flexibility index (Phi) is 17.7. The van der Waals surface area contributed by atoms with Crippen molar-refractivity contribution in [2.24, 2.45) is 35.5 Å². The summed E-state index contributed by atoms with van der Waals surface area (Å²) in [6, 6.07) is 7.61. The molecule has 2 N–H and O–H groups in total. The molecule has 0 bridgehead atoms. The summed E-state index contributed by atoms with van der Waals surface area (Å²) >= 11 is 0. The maximum absolute atomic E-state index is 10.9. The summed E-state index contributed by atoms with van der Waals surface area (Å²) in [6.07, 6.45) is 22.6. The lowest BCUT2D eigenvalue weighted by Crippen LogP contribution is -2.03. The first-order valence-corrected chi connectivity index (χ1v) is 18.4. The molecule has 43 heavy (non-hydrogen) atoms. The van der Waals surface area contributed by atoms with Crippen molar-refractivity contribution in [2.45, 2.75) is 165 Å². The first-order valence-electron chi connectivity index (χ1n) is 18.4. The molecule has 0 aliphatic heterocycles. The molecule has 0 amide bonds. The second-order valence-electron chi connectivity index (χ2n) is 15.5. The third-order valence-corrected chi connectivity index (χ3v) is 10.5. The van der Waals surface area contributed by atoms with Crippen LogP contribution in [0.1, 0.15) is 162 Å². The molecule has 0 saturated heterocycles. The van der Waals surface area contributed by atoms with Gasteiger partial charge in [-0.3, -0.25) is 0 Å². The van der Waals surface area contributed by atoms with E-state index in [1.807, 2.05) is 31.2 Å². The number of rotatable bonds is 23. The van der Waals surface area contributed by atoms with Gasteiger partial charge in [-0.2, -0.15) is 0 Å². The third-order valence-electron chi connectivity index (χ3n) is 10.5. The van der Waals surface area contributed by atoms with Crippen LogP contribution in [-0.2, 0) is 6.42 Å². The molecule has 0 saturated carbocycles. The van der Waals surface area contributed by atoms with Gasteiger partial charge in [-0.1, -0.05) is 169 Å². The Morgan fingerprint density at radius 1 is 0.465 bits per heavy atom. The molecule has 2 aromatic rings. The fourth-order valence-corrected chi connectivity index (χ4v) is 7.13. The maximum atomic E-state index is 10.9. The lowest BCUT2D eigenvalue weighted by Gasteiger charge is -2.18. The highest BCUT2D eigenvalue weighted by Crippen LogP contribution is 2.40. The van der Waals surface area contributed by atoms with E-state index in [0.29, 0.717) is 17.4 Å². The number of hydrogen-bond donors (Lipinski definition) is 2. The summed E-state index contributed by atoms with van der Waals surface area (Å²) in [5.41, 5.74) is 1.74. The summed E-state index contributed by atoms with van der Waals surface area (Å²) < 4.78 is 0. The van der Waals surface area contributed by atoms with Gasteiger partial charge in [0.2, 0.25) is 0 Å².